The summed E-state index contributed by atoms with van der Waals surface area (Å²) in [5, 5.41) is 0. The van der Waals surface area contributed by atoms with Crippen molar-refractivity contribution >= 4 is 11.7 Å². The largest absolute Gasteiger partial charge is 0.496 e. The molecule has 1 saturated heterocycles. The first-order valence-electron chi connectivity index (χ1n) is 8.95. The highest BCUT2D eigenvalue weighted by atomic mass is 19.4. The molecular weight excluding hydrogens is 371 g/mol. The first-order chi connectivity index (χ1) is 13.3. The number of amides is 1. The first kappa shape index (κ1) is 19.9. The molecule has 0 aliphatic carbocycles. The lowest BCUT2D eigenvalue weighted by atomic mass is 9.89. The molecule has 0 saturated carbocycles. The van der Waals surface area contributed by atoms with Crippen LogP contribution >= 0.6 is 0 Å². The lowest BCUT2D eigenvalue weighted by Crippen LogP contribution is -2.42. The molecule has 1 aliphatic rings. The van der Waals surface area contributed by atoms with Gasteiger partial charge >= 0.3 is 6.18 Å². The standard InChI is InChI=1S/C21H20F3NO3/c1-28-18-7-3-2-6-17(18)19(26)15-5-4-12-25(13-15)20(27)14-8-10-16(11-9-14)21(22,23)24/h2-3,6-11,15H,4-5,12-13H2,1H3. The maximum Gasteiger partial charge on any atom is 0.416 e. The van der Waals surface area contributed by atoms with E-state index < -0.39 is 11.7 Å². The van der Waals surface area contributed by atoms with Gasteiger partial charge < -0.3 is 9.64 Å². The van der Waals surface area contributed by atoms with Gasteiger partial charge in [-0.3, -0.25) is 9.59 Å². The Morgan fingerprint density at radius 1 is 1.07 bits per heavy atom. The molecule has 1 heterocycles. The van der Waals surface area contributed by atoms with Gasteiger partial charge in [0.05, 0.1) is 18.2 Å². The molecule has 28 heavy (non-hydrogen) atoms. The fourth-order valence-electron chi connectivity index (χ4n) is 3.43. The van der Waals surface area contributed by atoms with Crippen LogP contribution in [0.1, 0.15) is 39.1 Å². The second-order valence-electron chi connectivity index (χ2n) is 6.73. The summed E-state index contributed by atoms with van der Waals surface area (Å²) in [4.78, 5) is 27.1. The van der Waals surface area contributed by atoms with Crippen LogP contribution in [0.4, 0.5) is 13.2 Å². The summed E-state index contributed by atoms with van der Waals surface area (Å²) in [5.74, 6) is -0.351. The van der Waals surface area contributed by atoms with Gasteiger partial charge in [0.15, 0.2) is 5.78 Å². The van der Waals surface area contributed by atoms with Crippen LogP contribution in [-0.4, -0.2) is 36.8 Å². The second kappa shape index (κ2) is 8.04. The molecule has 4 nitrogen and oxygen atoms in total. The van der Waals surface area contributed by atoms with Crippen LogP contribution in [0.15, 0.2) is 48.5 Å². The van der Waals surface area contributed by atoms with E-state index in [1.54, 1.807) is 24.3 Å². The van der Waals surface area contributed by atoms with Gasteiger partial charge in [0.25, 0.3) is 5.91 Å². The van der Waals surface area contributed by atoms with Crippen molar-refractivity contribution in [1.82, 2.24) is 4.90 Å². The van der Waals surface area contributed by atoms with Crippen LogP contribution < -0.4 is 4.74 Å². The van der Waals surface area contributed by atoms with Crippen LogP contribution in [0.3, 0.4) is 0 Å². The molecule has 0 radical (unpaired) electrons. The number of carbonyl (C=O) groups is 2. The third-order valence-corrected chi connectivity index (χ3v) is 4.91. The topological polar surface area (TPSA) is 46.6 Å². The average molecular weight is 391 g/mol. The van der Waals surface area contributed by atoms with Crippen molar-refractivity contribution in [3.8, 4) is 5.75 Å². The van der Waals surface area contributed by atoms with E-state index in [2.05, 4.69) is 0 Å². The third-order valence-electron chi connectivity index (χ3n) is 4.91. The van der Waals surface area contributed by atoms with Crippen LogP contribution in [0.2, 0.25) is 0 Å². The summed E-state index contributed by atoms with van der Waals surface area (Å²) in [5.41, 5.74) is -0.149. The van der Waals surface area contributed by atoms with Crippen molar-refractivity contribution < 1.29 is 27.5 Å². The molecule has 148 valence electrons. The molecule has 1 aliphatic heterocycles. The quantitative estimate of drug-likeness (QED) is 0.724. The number of ketones is 1. The summed E-state index contributed by atoms with van der Waals surface area (Å²) >= 11 is 0. The monoisotopic (exact) mass is 391 g/mol. The molecule has 1 amide bonds. The number of hydrogen-bond donors (Lipinski definition) is 0. The molecule has 1 atom stereocenters. The molecule has 1 fully saturated rings. The predicted molar refractivity (Wildman–Crippen MR) is 97.4 cm³/mol. The van der Waals surface area contributed by atoms with Crippen molar-refractivity contribution in [3.63, 3.8) is 0 Å². The fourth-order valence-corrected chi connectivity index (χ4v) is 3.43. The second-order valence-corrected chi connectivity index (χ2v) is 6.73. The molecule has 1 unspecified atom stereocenters. The number of carbonyl (C=O) groups excluding carboxylic acids is 2. The van der Waals surface area contributed by atoms with Crippen molar-refractivity contribution in [1.29, 1.82) is 0 Å². The Labute approximate surface area is 160 Å². The van der Waals surface area contributed by atoms with E-state index in [0.717, 1.165) is 12.1 Å². The van der Waals surface area contributed by atoms with Gasteiger partial charge in [0.2, 0.25) is 0 Å². The van der Waals surface area contributed by atoms with Gasteiger partial charge in [-0.05, 0) is 49.2 Å². The number of hydrogen-bond acceptors (Lipinski definition) is 3. The van der Waals surface area contributed by atoms with Crippen LogP contribution in [0.5, 0.6) is 5.75 Å². The smallest absolute Gasteiger partial charge is 0.416 e. The minimum atomic E-state index is -4.45. The number of methoxy groups -OCH3 is 1. The summed E-state index contributed by atoms with van der Waals surface area (Å²) in [7, 11) is 1.49. The molecule has 0 aromatic heterocycles. The summed E-state index contributed by atoms with van der Waals surface area (Å²) in [6, 6.07) is 11.1. The zero-order valence-electron chi connectivity index (χ0n) is 15.3. The Bertz CT molecular complexity index is 862. The average Bonchev–Trinajstić information content (AvgIpc) is 2.72. The van der Waals surface area contributed by atoms with Crippen molar-refractivity contribution in [2.75, 3.05) is 20.2 Å². The van der Waals surface area contributed by atoms with Gasteiger partial charge in [-0.15, -0.1) is 0 Å². The number of piperidine rings is 1. The number of nitrogens with zero attached hydrogens (tertiary/aromatic N) is 1. The van der Waals surface area contributed by atoms with E-state index in [-0.39, 0.29) is 29.7 Å². The fraction of sp³-hybridized carbons (Fsp3) is 0.333. The van der Waals surface area contributed by atoms with E-state index >= 15 is 0 Å². The van der Waals surface area contributed by atoms with E-state index in [9.17, 15) is 22.8 Å². The number of benzene rings is 2. The third kappa shape index (κ3) is 4.18. The normalized spacial score (nSPS) is 17.3. The molecule has 7 heteroatoms. The van der Waals surface area contributed by atoms with E-state index in [1.807, 2.05) is 0 Å². The summed E-state index contributed by atoms with van der Waals surface area (Å²) in [6.07, 6.45) is -3.15. The van der Waals surface area contributed by atoms with Gasteiger partial charge in [-0.2, -0.15) is 13.2 Å². The van der Waals surface area contributed by atoms with Gasteiger partial charge in [-0.1, -0.05) is 12.1 Å². The number of rotatable bonds is 4. The van der Waals surface area contributed by atoms with Gasteiger partial charge in [-0.25, -0.2) is 0 Å². The Morgan fingerprint density at radius 2 is 1.75 bits per heavy atom. The molecule has 3 rings (SSSR count). The number of alkyl halides is 3. The van der Waals surface area contributed by atoms with Gasteiger partial charge in [0.1, 0.15) is 5.75 Å². The highest BCUT2D eigenvalue weighted by molar-refractivity contribution is 6.01. The maximum atomic E-state index is 12.9. The van der Waals surface area contributed by atoms with E-state index in [1.165, 1.54) is 24.1 Å². The lowest BCUT2D eigenvalue weighted by molar-refractivity contribution is -0.137. The highest BCUT2D eigenvalue weighted by Crippen LogP contribution is 2.30. The van der Waals surface area contributed by atoms with Gasteiger partial charge in [0, 0.05) is 24.6 Å². The molecule has 2 aromatic rings. The lowest BCUT2D eigenvalue weighted by Gasteiger charge is -2.32. The SMILES string of the molecule is COc1ccccc1C(=O)C1CCCN(C(=O)c2ccc(C(F)(F)F)cc2)C1. The maximum absolute atomic E-state index is 12.9. The van der Waals surface area contributed by atoms with Crippen molar-refractivity contribution in [2.45, 2.75) is 19.0 Å². The highest BCUT2D eigenvalue weighted by Gasteiger charge is 2.32. The Hall–Kier alpha value is -2.83. The molecule has 0 bridgehead atoms. The Kier molecular flexibility index (Phi) is 5.72. The van der Waals surface area contributed by atoms with Crippen molar-refractivity contribution in [2.24, 2.45) is 5.92 Å². The number of likely N-dealkylation sites (tertiary alicyclic amines) is 1. The summed E-state index contributed by atoms with van der Waals surface area (Å²) < 4.78 is 43.3. The Morgan fingerprint density at radius 3 is 2.39 bits per heavy atom. The first-order valence-corrected chi connectivity index (χ1v) is 8.95. The zero-order chi connectivity index (χ0) is 20.3. The molecule has 0 spiro atoms. The molecule has 2 aromatic carbocycles. The molecular formula is C21H20F3NO3. The van der Waals surface area contributed by atoms with Crippen LogP contribution in [-0.2, 0) is 6.18 Å². The number of halogens is 3. The minimum absolute atomic E-state index is 0.0950. The number of para-hydroxylation sites is 1. The minimum Gasteiger partial charge on any atom is -0.496 e. The number of Topliss-reactive ketones (excluding diaryl/α,β-unsaturated/α-hetero) is 1. The van der Waals surface area contributed by atoms with E-state index in [0.29, 0.717) is 30.7 Å². The Balaban J connectivity index is 1.74. The zero-order valence-corrected chi connectivity index (χ0v) is 15.3. The number of ether oxygens (including phenoxy) is 1. The molecule has 0 N–H and O–H groups in total. The predicted octanol–water partition coefficient (Wildman–Crippen LogP) is 4.45. The summed E-state index contributed by atoms with van der Waals surface area (Å²) in [6.45, 7) is 0.701. The van der Waals surface area contributed by atoms with Crippen molar-refractivity contribution in [3.05, 3.63) is 65.2 Å². The van der Waals surface area contributed by atoms with Crippen LogP contribution in [0.25, 0.3) is 0 Å². The van der Waals surface area contributed by atoms with E-state index in [4.69, 9.17) is 4.74 Å². The van der Waals surface area contributed by atoms with Crippen LogP contribution in [0, 0.1) is 5.92 Å².